The number of nitrogens with zero attached hydrogens (tertiary/aromatic N) is 2. The maximum absolute atomic E-state index is 4.11. The van der Waals surface area contributed by atoms with Gasteiger partial charge in [0.05, 0.1) is 5.69 Å². The monoisotopic (exact) mass is 209 g/mol. The van der Waals surface area contributed by atoms with Gasteiger partial charge in [-0.1, -0.05) is 27.7 Å². The van der Waals surface area contributed by atoms with Gasteiger partial charge in [-0.15, -0.1) is 5.10 Å². The minimum absolute atomic E-state index is 0.728. The Balaban J connectivity index is 0.000000921. The molecule has 0 atom stereocenters. The van der Waals surface area contributed by atoms with Crippen molar-refractivity contribution in [2.75, 3.05) is 12.4 Å². The SMILES string of the molecule is CC.CNc1ccc(CCC(C)C)nn1. The highest BCUT2D eigenvalue weighted by molar-refractivity contribution is 5.31. The van der Waals surface area contributed by atoms with Crippen LogP contribution in [0.25, 0.3) is 0 Å². The molecule has 0 saturated carbocycles. The highest BCUT2D eigenvalue weighted by Crippen LogP contribution is 2.07. The van der Waals surface area contributed by atoms with Gasteiger partial charge < -0.3 is 5.32 Å². The lowest BCUT2D eigenvalue weighted by Crippen LogP contribution is -1.99. The first-order valence-corrected chi connectivity index (χ1v) is 5.72. The summed E-state index contributed by atoms with van der Waals surface area (Å²) in [5.74, 6) is 1.55. The van der Waals surface area contributed by atoms with Crippen LogP contribution in [0.3, 0.4) is 0 Å². The molecule has 0 fully saturated rings. The average Bonchev–Trinajstić information content (AvgIpc) is 2.30. The molecule has 0 bridgehead atoms. The molecule has 0 aliphatic carbocycles. The lowest BCUT2D eigenvalue weighted by molar-refractivity contribution is 0.578. The van der Waals surface area contributed by atoms with Crippen LogP contribution in [0.1, 0.15) is 39.8 Å². The Bertz CT molecular complexity index is 242. The molecular formula is C12H23N3. The molecule has 3 nitrogen and oxygen atoms in total. The fraction of sp³-hybridized carbons (Fsp3) is 0.667. The van der Waals surface area contributed by atoms with Crippen molar-refractivity contribution in [2.45, 2.75) is 40.5 Å². The van der Waals surface area contributed by atoms with Gasteiger partial charge in [0.1, 0.15) is 5.82 Å². The van der Waals surface area contributed by atoms with Crippen LogP contribution >= 0.6 is 0 Å². The van der Waals surface area contributed by atoms with Crippen molar-refractivity contribution >= 4 is 5.82 Å². The molecule has 0 unspecified atom stereocenters. The van der Waals surface area contributed by atoms with E-state index in [0.717, 1.165) is 23.9 Å². The minimum atomic E-state index is 0.728. The number of rotatable bonds is 4. The molecular weight excluding hydrogens is 186 g/mol. The Labute approximate surface area is 93.3 Å². The van der Waals surface area contributed by atoms with Crippen molar-refractivity contribution in [2.24, 2.45) is 5.92 Å². The molecule has 0 spiro atoms. The molecule has 1 heterocycles. The zero-order valence-electron chi connectivity index (χ0n) is 10.5. The quantitative estimate of drug-likeness (QED) is 0.828. The van der Waals surface area contributed by atoms with Crippen molar-refractivity contribution in [3.05, 3.63) is 17.8 Å². The number of hydrogen-bond donors (Lipinski definition) is 1. The highest BCUT2D eigenvalue weighted by atomic mass is 15.2. The van der Waals surface area contributed by atoms with Gasteiger partial charge in [0.15, 0.2) is 0 Å². The van der Waals surface area contributed by atoms with Gasteiger partial charge in [-0.2, -0.15) is 5.10 Å². The van der Waals surface area contributed by atoms with E-state index in [9.17, 15) is 0 Å². The van der Waals surface area contributed by atoms with Crippen molar-refractivity contribution in [1.82, 2.24) is 10.2 Å². The molecule has 0 saturated heterocycles. The van der Waals surface area contributed by atoms with Crippen LogP contribution < -0.4 is 5.32 Å². The number of anilines is 1. The van der Waals surface area contributed by atoms with Crippen molar-refractivity contribution < 1.29 is 0 Å². The summed E-state index contributed by atoms with van der Waals surface area (Å²) in [6, 6.07) is 3.99. The van der Waals surface area contributed by atoms with Gasteiger partial charge in [0, 0.05) is 7.05 Å². The molecule has 3 heteroatoms. The van der Waals surface area contributed by atoms with Gasteiger partial charge in [0.2, 0.25) is 0 Å². The zero-order valence-corrected chi connectivity index (χ0v) is 10.5. The lowest BCUT2D eigenvalue weighted by Gasteiger charge is -2.03. The second-order valence-corrected chi connectivity index (χ2v) is 3.59. The highest BCUT2D eigenvalue weighted by Gasteiger charge is 1.98. The topological polar surface area (TPSA) is 37.8 Å². The van der Waals surface area contributed by atoms with Crippen molar-refractivity contribution in [1.29, 1.82) is 0 Å². The third-order valence-electron chi connectivity index (χ3n) is 1.95. The standard InChI is InChI=1S/C10H17N3.C2H6/c1-8(2)4-5-9-6-7-10(11-3)13-12-9;1-2/h6-8H,4-5H2,1-3H3,(H,11,13);1-2H3. The summed E-state index contributed by atoms with van der Waals surface area (Å²) in [7, 11) is 1.85. The second kappa shape index (κ2) is 8.21. The molecule has 1 rings (SSSR count). The van der Waals surface area contributed by atoms with E-state index in [1.807, 2.05) is 33.0 Å². The van der Waals surface area contributed by atoms with Crippen LogP contribution in [0, 0.1) is 5.92 Å². The van der Waals surface area contributed by atoms with Crippen LogP contribution in [0.15, 0.2) is 12.1 Å². The van der Waals surface area contributed by atoms with Crippen LogP contribution in [0.5, 0.6) is 0 Å². The number of nitrogens with one attached hydrogen (secondary N) is 1. The molecule has 0 radical (unpaired) electrons. The fourth-order valence-electron chi connectivity index (χ4n) is 1.06. The summed E-state index contributed by atoms with van der Waals surface area (Å²) in [5, 5.41) is 11.1. The van der Waals surface area contributed by atoms with E-state index < -0.39 is 0 Å². The average molecular weight is 209 g/mol. The van der Waals surface area contributed by atoms with Crippen LogP contribution in [-0.4, -0.2) is 17.2 Å². The summed E-state index contributed by atoms with van der Waals surface area (Å²) in [6.45, 7) is 8.44. The van der Waals surface area contributed by atoms with E-state index in [0.29, 0.717) is 0 Å². The number of aryl methyl sites for hydroxylation is 1. The molecule has 1 aromatic heterocycles. The van der Waals surface area contributed by atoms with E-state index in [2.05, 4.69) is 29.4 Å². The normalized spacial score (nSPS) is 9.47. The van der Waals surface area contributed by atoms with Gasteiger partial charge in [-0.3, -0.25) is 0 Å². The molecule has 0 aliphatic heterocycles. The second-order valence-electron chi connectivity index (χ2n) is 3.59. The number of aromatic nitrogens is 2. The first-order valence-electron chi connectivity index (χ1n) is 5.72. The first-order chi connectivity index (χ1) is 7.22. The van der Waals surface area contributed by atoms with Crippen LogP contribution in [0.2, 0.25) is 0 Å². The summed E-state index contributed by atoms with van der Waals surface area (Å²) in [6.07, 6.45) is 2.20. The predicted molar refractivity (Wildman–Crippen MR) is 66.1 cm³/mol. The summed E-state index contributed by atoms with van der Waals surface area (Å²) in [5.41, 5.74) is 1.08. The van der Waals surface area contributed by atoms with Crippen molar-refractivity contribution in [3.63, 3.8) is 0 Å². The predicted octanol–water partition coefficient (Wildman–Crippen LogP) is 3.13. The first kappa shape index (κ1) is 13.9. The van der Waals surface area contributed by atoms with E-state index >= 15 is 0 Å². The maximum Gasteiger partial charge on any atom is 0.148 e. The Hall–Kier alpha value is -1.12. The van der Waals surface area contributed by atoms with E-state index in [-0.39, 0.29) is 0 Å². The Morgan fingerprint density at radius 1 is 1.20 bits per heavy atom. The Kier molecular flexibility index (Phi) is 7.60. The largest absolute Gasteiger partial charge is 0.372 e. The molecule has 0 amide bonds. The summed E-state index contributed by atoms with van der Waals surface area (Å²) in [4.78, 5) is 0. The minimum Gasteiger partial charge on any atom is -0.372 e. The maximum atomic E-state index is 4.11. The fourth-order valence-corrected chi connectivity index (χ4v) is 1.06. The van der Waals surface area contributed by atoms with E-state index in [1.54, 1.807) is 0 Å². The third kappa shape index (κ3) is 6.05. The van der Waals surface area contributed by atoms with Crippen molar-refractivity contribution in [3.8, 4) is 0 Å². The molecule has 1 N–H and O–H groups in total. The molecule has 0 aromatic carbocycles. The van der Waals surface area contributed by atoms with E-state index in [1.165, 1.54) is 6.42 Å². The molecule has 86 valence electrons. The van der Waals surface area contributed by atoms with Gasteiger partial charge >= 0.3 is 0 Å². The van der Waals surface area contributed by atoms with Gasteiger partial charge in [-0.05, 0) is 30.9 Å². The molecule has 1 aromatic rings. The summed E-state index contributed by atoms with van der Waals surface area (Å²) >= 11 is 0. The van der Waals surface area contributed by atoms with Gasteiger partial charge in [0.25, 0.3) is 0 Å². The number of hydrogen-bond acceptors (Lipinski definition) is 3. The molecule has 15 heavy (non-hydrogen) atoms. The molecule has 0 aliphatic rings. The zero-order chi connectivity index (χ0) is 11.7. The third-order valence-corrected chi connectivity index (χ3v) is 1.95. The lowest BCUT2D eigenvalue weighted by atomic mass is 10.1. The smallest absolute Gasteiger partial charge is 0.148 e. The van der Waals surface area contributed by atoms with Crippen LogP contribution in [0.4, 0.5) is 5.82 Å². The van der Waals surface area contributed by atoms with Crippen LogP contribution in [-0.2, 0) is 6.42 Å². The Morgan fingerprint density at radius 2 is 1.87 bits per heavy atom. The van der Waals surface area contributed by atoms with Gasteiger partial charge in [-0.25, -0.2) is 0 Å². The summed E-state index contributed by atoms with van der Waals surface area (Å²) < 4.78 is 0. The van der Waals surface area contributed by atoms with E-state index in [4.69, 9.17) is 0 Å². The Morgan fingerprint density at radius 3 is 2.27 bits per heavy atom.